The number of hydrogen-bond donors (Lipinski definition) is 2. The number of nitrogens with one attached hydrogen (secondary N) is 1. The molecule has 128 valence electrons. The molecule has 1 aromatic carbocycles. The van der Waals surface area contributed by atoms with Crippen LogP contribution in [-0.4, -0.2) is 45.8 Å². The van der Waals surface area contributed by atoms with Crippen LogP contribution < -0.4 is 10.2 Å². The molecule has 1 saturated heterocycles. The summed E-state index contributed by atoms with van der Waals surface area (Å²) in [5.74, 6) is -3.16. The Morgan fingerprint density at radius 2 is 2.00 bits per heavy atom. The smallest absolute Gasteiger partial charge is 0.327 e. The van der Waals surface area contributed by atoms with Crippen molar-refractivity contribution in [3.05, 3.63) is 30.1 Å². The van der Waals surface area contributed by atoms with Crippen molar-refractivity contribution in [1.82, 2.24) is 5.32 Å². The van der Waals surface area contributed by atoms with Crippen LogP contribution in [0, 0.1) is 5.82 Å². The van der Waals surface area contributed by atoms with E-state index >= 15 is 0 Å². The van der Waals surface area contributed by atoms with Gasteiger partial charge in [0.2, 0.25) is 17.7 Å². The van der Waals surface area contributed by atoms with E-state index < -0.39 is 40.8 Å². The maximum Gasteiger partial charge on any atom is 0.327 e. The number of halogens is 1. The van der Waals surface area contributed by atoms with Gasteiger partial charge in [-0.3, -0.25) is 14.4 Å². The minimum absolute atomic E-state index is 0.0458. The Hall–Kier alpha value is -2.42. The fraction of sp³-hybridized carbons (Fsp3) is 0.333. The van der Waals surface area contributed by atoms with Gasteiger partial charge in [-0.15, -0.1) is 11.8 Å². The molecule has 0 bridgehead atoms. The van der Waals surface area contributed by atoms with Crippen molar-refractivity contribution in [2.24, 2.45) is 0 Å². The quantitative estimate of drug-likeness (QED) is 0.732. The highest BCUT2D eigenvalue weighted by Crippen LogP contribution is 2.30. The third-order valence-corrected chi connectivity index (χ3v) is 4.63. The van der Waals surface area contributed by atoms with Crippen molar-refractivity contribution in [2.75, 3.05) is 10.7 Å². The number of amides is 3. The Labute approximate surface area is 141 Å². The lowest BCUT2D eigenvalue weighted by atomic mass is 10.3. The van der Waals surface area contributed by atoms with E-state index in [1.54, 1.807) is 0 Å². The number of carbonyl (C=O) groups is 4. The summed E-state index contributed by atoms with van der Waals surface area (Å²) in [5.41, 5.74) is 0.270. The van der Waals surface area contributed by atoms with Crippen LogP contribution in [-0.2, 0) is 19.2 Å². The van der Waals surface area contributed by atoms with Crippen molar-refractivity contribution in [3.8, 4) is 0 Å². The maximum absolute atomic E-state index is 13.0. The van der Waals surface area contributed by atoms with Crippen LogP contribution in [0.5, 0.6) is 0 Å². The van der Waals surface area contributed by atoms with Gasteiger partial charge in [-0.25, -0.2) is 14.1 Å². The summed E-state index contributed by atoms with van der Waals surface area (Å²) in [7, 11) is 0. The fourth-order valence-electron chi connectivity index (χ4n) is 2.23. The van der Waals surface area contributed by atoms with E-state index in [1.807, 2.05) is 0 Å². The second-order valence-corrected chi connectivity index (χ2v) is 6.40. The number of anilines is 1. The number of nitrogens with zero attached hydrogens (tertiary/aromatic N) is 1. The number of hydrogen-bond acceptors (Lipinski definition) is 5. The molecule has 0 aliphatic carbocycles. The normalized spacial score (nSPS) is 18.6. The summed E-state index contributed by atoms with van der Waals surface area (Å²) in [6.07, 6.45) is -0.0761. The van der Waals surface area contributed by atoms with Crippen LogP contribution in [0.1, 0.15) is 13.3 Å². The first-order valence-corrected chi connectivity index (χ1v) is 8.08. The van der Waals surface area contributed by atoms with E-state index in [2.05, 4.69) is 5.32 Å². The van der Waals surface area contributed by atoms with Crippen LogP contribution in [0.3, 0.4) is 0 Å². The van der Waals surface area contributed by atoms with Gasteiger partial charge in [0, 0.05) is 19.1 Å². The fourth-order valence-corrected chi connectivity index (χ4v) is 3.39. The Kier molecular flexibility index (Phi) is 5.55. The molecule has 1 fully saturated rings. The maximum atomic E-state index is 13.0. The molecule has 3 amide bonds. The minimum atomic E-state index is -1.22. The molecular weight excluding hydrogens is 339 g/mol. The standard InChI is InChI=1S/C15H15FN2O5S/c1-8(19)17-11(15(22)23)7-24-12-6-13(20)18(14(12)21)10-4-2-9(16)3-5-10/h2-5,11-12H,6-7H2,1H3,(H,17,19)(H,22,23)/t11-,12-/m0/s1. The first-order chi connectivity index (χ1) is 11.3. The zero-order valence-corrected chi connectivity index (χ0v) is 13.5. The van der Waals surface area contributed by atoms with Crippen molar-refractivity contribution in [1.29, 1.82) is 0 Å². The topological polar surface area (TPSA) is 104 Å². The van der Waals surface area contributed by atoms with Crippen molar-refractivity contribution in [3.63, 3.8) is 0 Å². The minimum Gasteiger partial charge on any atom is -0.480 e. The highest BCUT2D eigenvalue weighted by atomic mass is 32.2. The monoisotopic (exact) mass is 354 g/mol. The molecule has 0 aromatic heterocycles. The molecule has 0 unspecified atom stereocenters. The number of imide groups is 1. The molecule has 0 spiro atoms. The number of aliphatic carboxylic acids is 1. The summed E-state index contributed by atoms with van der Waals surface area (Å²) in [6.45, 7) is 1.20. The molecule has 1 aromatic rings. The third-order valence-electron chi connectivity index (χ3n) is 3.33. The second-order valence-electron chi connectivity index (χ2n) is 5.16. The number of thioether (sulfide) groups is 1. The second kappa shape index (κ2) is 7.43. The number of benzene rings is 1. The van der Waals surface area contributed by atoms with E-state index in [0.29, 0.717) is 0 Å². The number of carbonyl (C=O) groups excluding carboxylic acids is 3. The van der Waals surface area contributed by atoms with Gasteiger partial charge in [0.15, 0.2) is 0 Å². The van der Waals surface area contributed by atoms with Crippen LogP contribution in [0.15, 0.2) is 24.3 Å². The largest absolute Gasteiger partial charge is 0.480 e. The van der Waals surface area contributed by atoms with Gasteiger partial charge in [-0.05, 0) is 24.3 Å². The van der Waals surface area contributed by atoms with Gasteiger partial charge in [0.1, 0.15) is 11.9 Å². The average Bonchev–Trinajstić information content (AvgIpc) is 2.78. The van der Waals surface area contributed by atoms with Crippen LogP contribution in [0.2, 0.25) is 0 Å². The predicted molar refractivity (Wildman–Crippen MR) is 85.0 cm³/mol. The number of carboxylic acids is 1. The molecule has 2 atom stereocenters. The third kappa shape index (κ3) is 4.10. The molecule has 9 heteroatoms. The van der Waals surface area contributed by atoms with Crippen molar-refractivity contribution < 1.29 is 28.7 Å². The first-order valence-electron chi connectivity index (χ1n) is 7.03. The summed E-state index contributed by atoms with van der Waals surface area (Å²) in [4.78, 5) is 47.4. The molecule has 0 radical (unpaired) electrons. The molecule has 24 heavy (non-hydrogen) atoms. The van der Waals surface area contributed by atoms with E-state index in [0.717, 1.165) is 28.8 Å². The number of rotatable bonds is 6. The number of carboxylic acid groups (broad SMARTS) is 1. The summed E-state index contributed by atoms with van der Waals surface area (Å²) < 4.78 is 13.0. The molecule has 1 aliphatic heterocycles. The first kappa shape index (κ1) is 17.9. The average molecular weight is 354 g/mol. The highest BCUT2D eigenvalue weighted by molar-refractivity contribution is 8.00. The molecular formula is C15H15FN2O5S. The summed E-state index contributed by atoms with van der Waals surface area (Å²) in [6, 6.07) is 3.81. The lowest BCUT2D eigenvalue weighted by Crippen LogP contribution is -2.42. The van der Waals surface area contributed by atoms with Gasteiger partial charge >= 0.3 is 5.97 Å². The van der Waals surface area contributed by atoms with Crippen LogP contribution in [0.25, 0.3) is 0 Å². The molecule has 1 aliphatic rings. The molecule has 0 saturated carbocycles. The lowest BCUT2D eigenvalue weighted by molar-refractivity contribution is -0.140. The Bertz CT molecular complexity index is 679. The molecule has 2 rings (SSSR count). The Morgan fingerprint density at radius 3 is 2.54 bits per heavy atom. The van der Waals surface area contributed by atoms with E-state index in [-0.39, 0.29) is 17.9 Å². The van der Waals surface area contributed by atoms with Gasteiger partial charge < -0.3 is 10.4 Å². The zero-order valence-electron chi connectivity index (χ0n) is 12.7. The molecule has 7 nitrogen and oxygen atoms in total. The Balaban J connectivity index is 2.04. The van der Waals surface area contributed by atoms with Gasteiger partial charge in [0.05, 0.1) is 10.9 Å². The van der Waals surface area contributed by atoms with E-state index in [9.17, 15) is 23.6 Å². The van der Waals surface area contributed by atoms with E-state index in [1.165, 1.54) is 19.1 Å². The molecule has 1 heterocycles. The van der Waals surface area contributed by atoms with Crippen LogP contribution in [0.4, 0.5) is 10.1 Å². The van der Waals surface area contributed by atoms with Crippen molar-refractivity contribution >= 4 is 41.1 Å². The molecule has 2 N–H and O–H groups in total. The van der Waals surface area contributed by atoms with Gasteiger partial charge in [-0.1, -0.05) is 0 Å². The van der Waals surface area contributed by atoms with Crippen molar-refractivity contribution in [2.45, 2.75) is 24.6 Å². The Morgan fingerprint density at radius 1 is 1.38 bits per heavy atom. The van der Waals surface area contributed by atoms with Crippen LogP contribution >= 0.6 is 11.8 Å². The lowest BCUT2D eigenvalue weighted by Gasteiger charge is -2.16. The SMILES string of the molecule is CC(=O)N[C@@H](CS[C@H]1CC(=O)N(c2ccc(F)cc2)C1=O)C(=O)O. The summed E-state index contributed by atoms with van der Waals surface area (Å²) >= 11 is 0.994. The predicted octanol–water partition coefficient (Wildman–Crippen LogP) is 0.780. The zero-order chi connectivity index (χ0) is 17.9. The van der Waals surface area contributed by atoms with Gasteiger partial charge in [-0.2, -0.15) is 0 Å². The highest BCUT2D eigenvalue weighted by Gasteiger charge is 2.40. The summed E-state index contributed by atoms with van der Waals surface area (Å²) in [5, 5.41) is 10.6. The van der Waals surface area contributed by atoms with E-state index in [4.69, 9.17) is 5.11 Å². The van der Waals surface area contributed by atoms with Gasteiger partial charge in [0.25, 0.3) is 0 Å².